The van der Waals surface area contributed by atoms with E-state index < -0.39 is 160 Å². The molecule has 658 valence electrons. The number of hydrogen-bond acceptors (Lipinski definition) is 28. The standard InChI is InChI=1S/C21H30F4O7S.C17H26F4O7S.C13H20F4O7S.C12H18F4O7S.CH4/c1-13(11-30-5-3-2-4-20(22,23)21(24,25)33(27,28)29)19(26)32-12-31-18-16-7-14-6-15(9-16)10-17(18)8-14;1-13(15(22)28-12-27-14-7-3-2-4-8-14)11-26-10-6-5-9-16(18,19)17(20,21)29(23,24)25;1-3-22-9-24-11(18)10(2)8-23-7-5-4-6-12(14,15)13(16,17)25(19,20)21;1-9(10(17)23-8-21-2)7-22-6-4-3-5-11(13,14)12(15,16)24(18,19)20;/h14-18H,1-12H2,(H,27,28,29);14H,1-12H2,(H,23,24,25);2-9H2,1H3,(H,19,20,21);1,3-8H2,2H3,(H,18,19,20);1H4/p-4. The van der Waals surface area contributed by atoms with E-state index in [-0.39, 0.29) is 148 Å². The van der Waals surface area contributed by atoms with E-state index in [0.29, 0.717) is 18.4 Å². The lowest BCUT2D eigenvalue weighted by Crippen LogP contribution is -2.49. The molecule has 0 aromatic heterocycles. The number of halogens is 16. The predicted octanol–water partition coefficient (Wildman–Crippen LogP) is 11.5. The molecule has 0 aromatic carbocycles. The molecular weight excluding hydrogens is 1650 g/mol. The van der Waals surface area contributed by atoms with E-state index in [4.69, 9.17) is 42.6 Å². The fraction of sp³-hybridized carbons (Fsp3) is 0.812. The highest BCUT2D eigenvalue weighted by atomic mass is 32.2. The maximum atomic E-state index is 13.3. The van der Waals surface area contributed by atoms with E-state index in [2.05, 4.69) is 40.5 Å². The molecule has 48 heteroatoms. The highest BCUT2D eigenvalue weighted by molar-refractivity contribution is 7.87. The van der Waals surface area contributed by atoms with Gasteiger partial charge in [-0.25, -0.2) is 52.8 Å². The molecular formula is C64H94F16O28S4-4. The minimum Gasteiger partial charge on any atom is -0.743 e. The maximum Gasteiger partial charge on any atom is 0.396 e. The fourth-order valence-electron chi connectivity index (χ4n) is 11.0. The number of ether oxygens (including phenoxy) is 12. The molecule has 0 N–H and O–H groups in total. The third kappa shape index (κ3) is 35.1. The van der Waals surface area contributed by atoms with Crippen molar-refractivity contribution in [3.8, 4) is 0 Å². The van der Waals surface area contributed by atoms with Gasteiger partial charge in [-0.05, 0) is 127 Å². The van der Waals surface area contributed by atoms with Gasteiger partial charge in [0.25, 0.3) is 0 Å². The number of alkyl halides is 16. The van der Waals surface area contributed by atoms with Crippen LogP contribution in [-0.2, 0) is 116 Å². The first-order valence-corrected chi connectivity index (χ1v) is 39.4. The average Bonchev–Trinajstić information content (AvgIpc) is 0.829. The van der Waals surface area contributed by atoms with E-state index in [1.54, 1.807) is 6.92 Å². The van der Waals surface area contributed by atoms with Crippen LogP contribution in [0.25, 0.3) is 0 Å². The molecule has 0 heterocycles. The Kier molecular flexibility index (Phi) is 45.9. The van der Waals surface area contributed by atoms with Crippen molar-refractivity contribution in [2.24, 2.45) is 23.7 Å². The predicted molar refractivity (Wildman–Crippen MR) is 353 cm³/mol. The third-order valence-electron chi connectivity index (χ3n) is 16.8. The first-order valence-electron chi connectivity index (χ1n) is 33.8. The normalized spacial score (nSPS) is 18.6. The number of methoxy groups -OCH3 is 1. The zero-order valence-corrected chi connectivity index (χ0v) is 63.4. The topological polar surface area (TPSA) is 408 Å². The highest BCUT2D eigenvalue weighted by Gasteiger charge is 2.64. The summed E-state index contributed by atoms with van der Waals surface area (Å²) in [6.07, 6.45) is 2.62. The summed E-state index contributed by atoms with van der Waals surface area (Å²) in [7, 11) is -24.6. The molecule has 5 rings (SSSR count). The summed E-state index contributed by atoms with van der Waals surface area (Å²) >= 11 is 0. The van der Waals surface area contributed by atoms with Crippen molar-refractivity contribution in [2.75, 3.05) is 93.7 Å². The monoisotopic (exact) mass is 1740 g/mol. The van der Waals surface area contributed by atoms with Crippen LogP contribution in [0, 0.1) is 23.7 Å². The molecule has 4 bridgehead atoms. The van der Waals surface area contributed by atoms with Gasteiger partial charge in [0, 0.05) is 65.8 Å². The van der Waals surface area contributed by atoms with Crippen LogP contribution in [0.3, 0.4) is 0 Å². The number of hydrogen-bond donors (Lipinski definition) is 0. The van der Waals surface area contributed by atoms with Gasteiger partial charge in [0.15, 0.2) is 67.6 Å². The van der Waals surface area contributed by atoms with E-state index in [0.717, 1.165) is 43.9 Å². The summed E-state index contributed by atoms with van der Waals surface area (Å²) in [6.45, 7) is 13.1. The first-order chi connectivity index (χ1) is 50.9. The molecule has 0 aromatic rings. The van der Waals surface area contributed by atoms with Crippen LogP contribution in [0.15, 0.2) is 48.6 Å². The van der Waals surface area contributed by atoms with Crippen LogP contribution in [0.1, 0.15) is 156 Å². The molecule has 5 saturated carbocycles. The van der Waals surface area contributed by atoms with E-state index in [1.165, 1.54) is 39.2 Å². The summed E-state index contributed by atoms with van der Waals surface area (Å²) in [6, 6.07) is 0. The van der Waals surface area contributed by atoms with Gasteiger partial charge in [0.1, 0.15) is 0 Å². The molecule has 0 atom stereocenters. The first kappa shape index (κ1) is 107. The largest absolute Gasteiger partial charge is 0.743 e. The number of unbranched alkanes of at least 4 members (excludes halogenated alkanes) is 4. The average molecular weight is 1740 g/mol. The van der Waals surface area contributed by atoms with Gasteiger partial charge in [0.2, 0.25) is 0 Å². The van der Waals surface area contributed by atoms with Gasteiger partial charge < -0.3 is 75.1 Å². The van der Waals surface area contributed by atoms with Gasteiger partial charge in [-0.2, -0.15) is 70.2 Å². The van der Waals surface area contributed by atoms with Gasteiger partial charge in [0.05, 0.1) is 60.9 Å². The van der Waals surface area contributed by atoms with Gasteiger partial charge in [-0.15, -0.1) is 0 Å². The van der Waals surface area contributed by atoms with Crippen molar-refractivity contribution < 1.29 is 198 Å². The molecule has 5 aliphatic rings. The lowest BCUT2D eigenvalue weighted by atomic mass is 9.55. The van der Waals surface area contributed by atoms with Gasteiger partial charge in [-0.3, -0.25) is 0 Å². The molecule has 0 unspecified atom stereocenters. The molecule has 0 spiro atoms. The van der Waals surface area contributed by atoms with Gasteiger partial charge in [-0.1, -0.05) is 53.0 Å². The summed E-state index contributed by atoms with van der Waals surface area (Å²) in [5.41, 5.74) is -0.181. The Labute approximate surface area is 638 Å². The lowest BCUT2D eigenvalue weighted by molar-refractivity contribution is -0.184. The fourth-order valence-corrected chi connectivity index (χ4v) is 12.8. The van der Waals surface area contributed by atoms with Crippen molar-refractivity contribution in [3.05, 3.63) is 48.6 Å². The van der Waals surface area contributed by atoms with E-state index >= 15 is 0 Å². The van der Waals surface area contributed by atoms with E-state index in [9.17, 15) is 141 Å². The minimum atomic E-state index is -6.49. The van der Waals surface area contributed by atoms with Crippen molar-refractivity contribution in [2.45, 2.75) is 213 Å². The molecule has 0 saturated heterocycles. The molecule has 5 aliphatic carbocycles. The van der Waals surface area contributed by atoms with Crippen LogP contribution in [0.2, 0.25) is 0 Å². The lowest BCUT2D eigenvalue weighted by Gasteiger charge is -2.53. The quantitative estimate of drug-likeness (QED) is 0.0104. The summed E-state index contributed by atoms with van der Waals surface area (Å²) in [5.74, 6) is -20.3. The van der Waals surface area contributed by atoms with Crippen LogP contribution in [0.4, 0.5) is 70.2 Å². The second-order valence-corrected chi connectivity index (χ2v) is 31.3. The molecule has 0 aliphatic heterocycles. The zero-order valence-electron chi connectivity index (χ0n) is 60.2. The number of esters is 4. The second kappa shape index (κ2) is 48.1. The smallest absolute Gasteiger partial charge is 0.396 e. The number of carbonyl (C=O) groups is 4. The Morgan fingerprint density at radius 1 is 0.375 bits per heavy atom. The molecule has 0 radical (unpaired) electrons. The second-order valence-electron chi connectivity index (χ2n) is 25.6. The van der Waals surface area contributed by atoms with Crippen LogP contribution < -0.4 is 0 Å². The van der Waals surface area contributed by atoms with Crippen molar-refractivity contribution in [1.29, 1.82) is 0 Å². The van der Waals surface area contributed by atoms with Crippen molar-refractivity contribution in [1.82, 2.24) is 0 Å². The Morgan fingerprint density at radius 2 is 0.634 bits per heavy atom. The summed E-state index contributed by atoms with van der Waals surface area (Å²) in [5, 5.41) is -22.7. The third-order valence-corrected chi connectivity index (χ3v) is 20.5. The number of rotatable bonds is 51. The van der Waals surface area contributed by atoms with Crippen LogP contribution >= 0.6 is 0 Å². The van der Waals surface area contributed by atoms with Crippen LogP contribution in [-0.4, -0.2) is 226 Å². The molecule has 0 amide bonds. The van der Waals surface area contributed by atoms with Gasteiger partial charge >= 0.3 is 68.6 Å². The Hall–Kier alpha value is -4.96. The SMILES string of the molecule is C.C=C(COCCCCC(F)(F)C(F)(F)S(=O)(=O)[O-])C(=O)OCOC.C=C(COCCCCC(F)(F)C(F)(F)S(=O)(=O)[O-])C(=O)OCOC1C2CC3CC(C2)CC1C3.C=C(COCCCCC(F)(F)C(F)(F)S(=O)(=O)[O-])C(=O)OCOC1CCCCC1.C=C(COCCCCC(F)(F)C(F)(F)S(=O)(=O)[O-])C(=O)OCOCC. The zero-order chi connectivity index (χ0) is 85.3. The van der Waals surface area contributed by atoms with Crippen molar-refractivity contribution >= 4 is 64.3 Å². The minimum absolute atomic E-state index is 0. The van der Waals surface area contributed by atoms with Crippen LogP contribution in [0.5, 0.6) is 0 Å². The molecule has 5 fully saturated rings. The Bertz CT molecular complexity index is 3410. The Morgan fingerprint density at radius 3 is 0.893 bits per heavy atom. The number of carbonyl (C=O) groups excluding carboxylic acids is 4. The summed E-state index contributed by atoms with van der Waals surface area (Å²) < 4.78 is 391. The Balaban J connectivity index is 0.00000148. The summed E-state index contributed by atoms with van der Waals surface area (Å²) in [4.78, 5) is 46.2. The van der Waals surface area contributed by atoms with E-state index in [1.807, 2.05) is 0 Å². The van der Waals surface area contributed by atoms with Crippen molar-refractivity contribution in [3.63, 3.8) is 0 Å². The maximum absolute atomic E-state index is 13.3. The highest BCUT2D eigenvalue weighted by Crippen LogP contribution is 2.55. The molecule has 112 heavy (non-hydrogen) atoms. The molecule has 28 nitrogen and oxygen atoms in total.